The van der Waals surface area contributed by atoms with Crippen molar-refractivity contribution in [1.82, 2.24) is 37.2 Å². The van der Waals surface area contributed by atoms with Gasteiger partial charge in [0, 0.05) is 13.0 Å². The molecule has 0 aromatic heterocycles. The van der Waals surface area contributed by atoms with Gasteiger partial charge in [0.2, 0.25) is 47.3 Å². The number of hydrogen-bond donors (Lipinski definition) is 12. The molecule has 21 nitrogen and oxygen atoms in total. The van der Waals surface area contributed by atoms with E-state index in [-0.39, 0.29) is 44.6 Å². The van der Waals surface area contributed by atoms with Crippen LogP contribution in [0, 0.1) is 0 Å². The lowest BCUT2D eigenvalue weighted by atomic mass is 10.1. The van der Waals surface area contributed by atoms with Crippen LogP contribution in [-0.2, 0) is 44.8 Å². The van der Waals surface area contributed by atoms with Gasteiger partial charge in [-0.3, -0.25) is 43.3 Å². The Morgan fingerprint density at radius 2 is 1.20 bits per heavy atom. The zero-order valence-corrected chi connectivity index (χ0v) is 36.3. The van der Waals surface area contributed by atoms with Gasteiger partial charge in [0.1, 0.15) is 36.3 Å². The number of rotatable bonds is 28. The molecule has 0 aliphatic rings. The minimum absolute atomic E-state index is 0.00284. The maximum atomic E-state index is 13.5. The second kappa shape index (κ2) is 28.4. The molecule has 60 heavy (non-hydrogen) atoms. The number of thioether (sulfide) groups is 2. The molecule has 16 N–H and O–H groups in total. The topological polar surface area (TPSA) is 357 Å². The van der Waals surface area contributed by atoms with Crippen LogP contribution < -0.4 is 60.2 Å². The number of nitrogens with zero attached hydrogens (tertiary/aromatic N) is 1. The van der Waals surface area contributed by atoms with E-state index in [4.69, 9.17) is 22.9 Å². The molecule has 23 heteroatoms. The van der Waals surface area contributed by atoms with Crippen LogP contribution in [0.5, 0.6) is 0 Å². The maximum absolute atomic E-state index is 13.5. The number of amides is 8. The fourth-order valence-corrected chi connectivity index (χ4v) is 6.23. The Hall–Kier alpha value is -5.13. The highest BCUT2D eigenvalue weighted by Gasteiger charge is 2.33. The first-order valence-corrected chi connectivity index (χ1v) is 22.0. The molecule has 0 fully saturated rings. The summed E-state index contributed by atoms with van der Waals surface area (Å²) in [6.07, 6.45) is 2.87. The number of aliphatic hydroxyl groups excluding tert-OH is 1. The molecule has 0 saturated heterocycles. The maximum Gasteiger partial charge on any atom is 0.245 e. The number of aliphatic imine (C=N–C) groups is 1. The van der Waals surface area contributed by atoms with Crippen LogP contribution in [0.4, 0.5) is 0 Å². The van der Waals surface area contributed by atoms with Crippen LogP contribution in [0.3, 0.4) is 0 Å². The normalized spacial score (nSPS) is 14.8. The number of nitrogens with one attached hydrogen (secondary N) is 7. The predicted molar refractivity (Wildman–Crippen MR) is 231 cm³/mol. The van der Waals surface area contributed by atoms with Crippen molar-refractivity contribution in [1.29, 1.82) is 0 Å². The third-order valence-corrected chi connectivity index (χ3v) is 9.97. The van der Waals surface area contributed by atoms with Crippen molar-refractivity contribution in [2.75, 3.05) is 37.1 Å². The molecule has 1 rings (SSSR count). The Kier molecular flexibility index (Phi) is 25.0. The van der Waals surface area contributed by atoms with E-state index in [1.807, 2.05) is 6.26 Å². The molecular weight excluding hydrogens is 821 g/mol. The van der Waals surface area contributed by atoms with Crippen molar-refractivity contribution >= 4 is 76.7 Å². The molecule has 0 aliphatic heterocycles. The molecule has 0 heterocycles. The number of primary amides is 1. The summed E-state index contributed by atoms with van der Waals surface area (Å²) >= 11 is 2.85. The third-order valence-electron chi connectivity index (χ3n) is 8.68. The smallest absolute Gasteiger partial charge is 0.245 e. The molecular formula is C37H62N12O9S2. The molecule has 8 amide bonds. The molecule has 1 aromatic carbocycles. The number of aliphatic hydroxyl groups is 1. The molecule has 0 spiro atoms. The Morgan fingerprint density at radius 3 is 1.72 bits per heavy atom. The molecule has 0 aliphatic carbocycles. The average Bonchev–Trinajstić information content (AvgIpc) is 3.19. The number of nitrogens with two attached hydrogens (primary N) is 4. The fraction of sp³-hybridized carbons (Fsp3) is 0.595. The van der Waals surface area contributed by atoms with Crippen LogP contribution in [0.1, 0.15) is 52.0 Å². The number of guanidine groups is 1. The predicted octanol–water partition coefficient (Wildman–Crippen LogP) is -3.95. The molecule has 0 unspecified atom stereocenters. The molecule has 8 atom stereocenters. The Bertz CT molecular complexity index is 1620. The van der Waals surface area contributed by atoms with Gasteiger partial charge in [-0.2, -0.15) is 23.5 Å². The second-order valence-electron chi connectivity index (χ2n) is 13.9. The van der Waals surface area contributed by atoms with Crippen LogP contribution >= 0.6 is 23.5 Å². The summed E-state index contributed by atoms with van der Waals surface area (Å²) in [5, 5.41) is 28.0. The van der Waals surface area contributed by atoms with Crippen molar-refractivity contribution in [3.63, 3.8) is 0 Å². The summed E-state index contributed by atoms with van der Waals surface area (Å²) in [5.74, 6) is -5.32. The van der Waals surface area contributed by atoms with E-state index in [1.54, 1.807) is 36.6 Å². The minimum atomic E-state index is -1.59. The van der Waals surface area contributed by atoms with Crippen molar-refractivity contribution in [2.45, 2.75) is 101 Å². The van der Waals surface area contributed by atoms with E-state index in [0.29, 0.717) is 11.5 Å². The standard InChI is InChI=1S/C37H62N12O9S2/c1-20(38)31(53)46-25(13-16-59-4)34(56)48-26(14-17-60-5)35(57)49-29(22(3)50)36(58)44-21(2)32(54)47-24(12-9-15-42-37(40)41)33(55)43-19-28(51)45-27(30(39)52)18-23-10-7-6-8-11-23/h6-8,10-11,20-22,24-27,29,50H,9,12-19,38H2,1-5H3,(H2,39,52)(H,43,55)(H,44,58)(H,45,51)(H,46,53)(H,47,54)(H,48,56)(H,49,57)(H4,40,41,42)/t20-,21-,22+,24-,25-,26-,27-,29-/m0/s1. The monoisotopic (exact) mass is 882 g/mol. The van der Waals surface area contributed by atoms with Gasteiger partial charge >= 0.3 is 0 Å². The van der Waals surface area contributed by atoms with Gasteiger partial charge < -0.3 is 65.3 Å². The van der Waals surface area contributed by atoms with Crippen LogP contribution in [-0.4, -0.2) is 144 Å². The second-order valence-corrected chi connectivity index (χ2v) is 15.8. The average molecular weight is 883 g/mol. The number of carbonyl (C=O) groups is 8. The first kappa shape index (κ1) is 52.9. The first-order chi connectivity index (χ1) is 28.3. The third kappa shape index (κ3) is 20.7. The van der Waals surface area contributed by atoms with Gasteiger partial charge in [0.15, 0.2) is 5.96 Å². The number of benzene rings is 1. The van der Waals surface area contributed by atoms with Gasteiger partial charge in [-0.1, -0.05) is 30.3 Å². The van der Waals surface area contributed by atoms with Crippen LogP contribution in [0.25, 0.3) is 0 Å². The summed E-state index contributed by atoms with van der Waals surface area (Å²) in [4.78, 5) is 108. The van der Waals surface area contributed by atoms with Crippen molar-refractivity contribution in [3.8, 4) is 0 Å². The summed E-state index contributed by atoms with van der Waals surface area (Å²) in [7, 11) is 0. The quantitative estimate of drug-likeness (QED) is 0.0217. The van der Waals surface area contributed by atoms with Crippen LogP contribution in [0.15, 0.2) is 35.3 Å². The Labute approximate surface area is 358 Å². The van der Waals surface area contributed by atoms with E-state index in [0.717, 1.165) is 5.56 Å². The summed E-state index contributed by atoms with van der Waals surface area (Å²) < 4.78 is 0. The molecule has 0 saturated carbocycles. The first-order valence-electron chi connectivity index (χ1n) is 19.2. The van der Waals surface area contributed by atoms with E-state index in [1.165, 1.54) is 44.3 Å². The summed E-state index contributed by atoms with van der Waals surface area (Å²) in [6, 6.07) is 0.564. The lowest BCUT2D eigenvalue weighted by molar-refractivity contribution is -0.136. The van der Waals surface area contributed by atoms with Gasteiger partial charge in [-0.25, -0.2) is 0 Å². The van der Waals surface area contributed by atoms with Crippen molar-refractivity contribution in [3.05, 3.63) is 35.9 Å². The van der Waals surface area contributed by atoms with Crippen LogP contribution in [0.2, 0.25) is 0 Å². The molecule has 336 valence electrons. The van der Waals surface area contributed by atoms with Gasteiger partial charge in [-0.05, 0) is 76.0 Å². The fourth-order valence-electron chi connectivity index (χ4n) is 5.29. The van der Waals surface area contributed by atoms with Crippen molar-refractivity contribution < 1.29 is 43.5 Å². The van der Waals surface area contributed by atoms with Gasteiger partial charge in [-0.15, -0.1) is 0 Å². The zero-order valence-electron chi connectivity index (χ0n) is 34.7. The molecule has 0 bridgehead atoms. The zero-order chi connectivity index (χ0) is 45.4. The highest BCUT2D eigenvalue weighted by molar-refractivity contribution is 7.98. The van der Waals surface area contributed by atoms with Crippen molar-refractivity contribution in [2.24, 2.45) is 27.9 Å². The summed E-state index contributed by atoms with van der Waals surface area (Å²) in [6.45, 7) is 3.54. The van der Waals surface area contributed by atoms with E-state index >= 15 is 0 Å². The van der Waals surface area contributed by atoms with E-state index in [2.05, 4.69) is 42.2 Å². The highest BCUT2D eigenvalue weighted by atomic mass is 32.2. The largest absolute Gasteiger partial charge is 0.391 e. The Balaban J connectivity index is 3.06. The number of carbonyl (C=O) groups excluding carboxylic acids is 8. The molecule has 0 radical (unpaired) electrons. The lowest BCUT2D eigenvalue weighted by Gasteiger charge is -2.27. The number of hydrogen-bond acceptors (Lipinski definition) is 13. The van der Waals surface area contributed by atoms with Gasteiger partial charge in [0.05, 0.1) is 18.7 Å². The minimum Gasteiger partial charge on any atom is -0.391 e. The molecule has 1 aromatic rings. The lowest BCUT2D eigenvalue weighted by Crippen LogP contribution is -2.61. The van der Waals surface area contributed by atoms with Gasteiger partial charge in [0.25, 0.3) is 0 Å². The summed E-state index contributed by atoms with van der Waals surface area (Å²) in [5.41, 5.74) is 22.7. The Morgan fingerprint density at radius 1 is 0.667 bits per heavy atom. The highest BCUT2D eigenvalue weighted by Crippen LogP contribution is 2.08. The van der Waals surface area contributed by atoms with E-state index in [9.17, 15) is 43.5 Å². The van der Waals surface area contributed by atoms with E-state index < -0.39 is 102 Å². The SMILES string of the molecule is CSCC[C@H](NC(=O)[C@H](C)N)C(=O)N[C@@H](CCSC)C(=O)N[C@H](C(=O)N[C@@H](C)C(=O)N[C@@H](CCCN=C(N)N)C(=O)NCC(=O)N[C@@H](Cc1ccccc1)C(N)=O)[C@@H](C)O.